The summed E-state index contributed by atoms with van der Waals surface area (Å²) < 4.78 is 0. The molecule has 0 aliphatic heterocycles. The normalized spacial score (nSPS) is 15.3. The monoisotopic (exact) mass is 744 g/mol. The van der Waals surface area contributed by atoms with Crippen molar-refractivity contribution >= 4 is 59.1 Å². The molecule has 7 amide bonds. The van der Waals surface area contributed by atoms with E-state index < -0.39 is 108 Å². The van der Waals surface area contributed by atoms with E-state index in [1.54, 1.807) is 60.2 Å². The van der Waals surface area contributed by atoms with Gasteiger partial charge in [0, 0.05) is 0 Å². The second-order valence-electron chi connectivity index (χ2n) is 13.6. The van der Waals surface area contributed by atoms with Crippen molar-refractivity contribution in [3.05, 3.63) is 0 Å². The molecular formula is C33H60N8O9S. The second-order valence-corrected chi connectivity index (χ2v) is 14.6. The first-order valence-electron chi connectivity index (χ1n) is 17.2. The van der Waals surface area contributed by atoms with E-state index in [0.29, 0.717) is 18.6 Å². The molecule has 0 saturated heterocycles. The van der Waals surface area contributed by atoms with Gasteiger partial charge in [0.2, 0.25) is 41.4 Å². The van der Waals surface area contributed by atoms with Crippen LogP contribution >= 0.6 is 11.8 Å². The first-order chi connectivity index (χ1) is 23.7. The minimum atomic E-state index is -1.24. The highest BCUT2D eigenvalue weighted by atomic mass is 32.2. The van der Waals surface area contributed by atoms with Crippen molar-refractivity contribution in [2.75, 3.05) is 25.1 Å². The minimum Gasteiger partial charge on any atom is -0.480 e. The number of hydrogen-bond acceptors (Lipinski definition) is 10. The van der Waals surface area contributed by atoms with Crippen molar-refractivity contribution in [2.45, 2.75) is 111 Å². The van der Waals surface area contributed by atoms with E-state index in [4.69, 9.17) is 5.73 Å². The molecule has 0 unspecified atom stereocenters. The maximum atomic E-state index is 13.4. The number of thioether (sulfide) groups is 1. The van der Waals surface area contributed by atoms with Crippen molar-refractivity contribution in [3.8, 4) is 0 Å². The second kappa shape index (κ2) is 23.5. The highest BCUT2D eigenvalue weighted by Gasteiger charge is 2.34. The summed E-state index contributed by atoms with van der Waals surface area (Å²) in [7, 11) is 0. The van der Waals surface area contributed by atoms with E-state index in [1.807, 2.05) is 13.2 Å². The number of amides is 7. The quantitative estimate of drug-likeness (QED) is 0.0603. The topological polar surface area (TPSA) is 267 Å². The molecule has 0 heterocycles. The molecule has 7 atom stereocenters. The molecule has 18 heteroatoms. The number of carboxylic acid groups (broad SMARTS) is 1. The Balaban J connectivity index is 5.35. The summed E-state index contributed by atoms with van der Waals surface area (Å²) in [5.41, 5.74) is 5.90. The van der Waals surface area contributed by atoms with Crippen molar-refractivity contribution < 1.29 is 43.5 Å². The fourth-order valence-corrected chi connectivity index (χ4v) is 5.03. The number of carbonyl (C=O) groups excluding carboxylic acids is 7. The summed E-state index contributed by atoms with van der Waals surface area (Å²) in [6.45, 7) is 14.0. The molecule has 0 aromatic heterocycles. The van der Waals surface area contributed by atoms with E-state index in [-0.39, 0.29) is 11.8 Å². The van der Waals surface area contributed by atoms with Gasteiger partial charge in [0.05, 0.1) is 19.1 Å². The fraction of sp³-hybridized carbons (Fsp3) is 0.758. The molecule has 0 radical (unpaired) electrons. The first kappa shape index (κ1) is 47.1. The highest BCUT2D eigenvalue weighted by Crippen LogP contribution is 2.12. The maximum absolute atomic E-state index is 13.4. The zero-order chi connectivity index (χ0) is 39.6. The molecule has 0 rings (SSSR count). The van der Waals surface area contributed by atoms with Crippen LogP contribution in [0.4, 0.5) is 0 Å². The lowest BCUT2D eigenvalue weighted by Gasteiger charge is -2.30. The van der Waals surface area contributed by atoms with Crippen LogP contribution in [-0.2, 0) is 38.4 Å². The SMILES string of the molecule is CC[C@H](C)[C@H](NC(=O)[C@@H](NC(=O)[C@@H](NC(=O)CNC(=O)CNC(=O)[C@@H](NC(=O)[C@@H](N)CCSC)C(C)C)C(C)C)C(C)C)C(=O)N[C@@H](C)C(=O)O. The lowest BCUT2D eigenvalue weighted by Crippen LogP contribution is -2.61. The Hall–Kier alpha value is -3.93. The van der Waals surface area contributed by atoms with Crippen LogP contribution in [0.5, 0.6) is 0 Å². The third kappa shape index (κ3) is 17.2. The zero-order valence-electron chi connectivity index (χ0n) is 31.5. The molecule has 0 saturated carbocycles. The van der Waals surface area contributed by atoms with Gasteiger partial charge in [-0.05, 0) is 49.0 Å². The third-order valence-corrected chi connectivity index (χ3v) is 8.76. The smallest absolute Gasteiger partial charge is 0.325 e. The zero-order valence-corrected chi connectivity index (χ0v) is 32.3. The largest absolute Gasteiger partial charge is 0.480 e. The number of nitrogens with one attached hydrogen (secondary N) is 7. The van der Waals surface area contributed by atoms with Crippen LogP contribution in [0.25, 0.3) is 0 Å². The molecule has 0 aliphatic carbocycles. The number of nitrogens with two attached hydrogens (primary N) is 1. The highest BCUT2D eigenvalue weighted by molar-refractivity contribution is 7.98. The van der Waals surface area contributed by atoms with Gasteiger partial charge in [0.15, 0.2) is 0 Å². The third-order valence-electron chi connectivity index (χ3n) is 8.12. The summed E-state index contributed by atoms with van der Waals surface area (Å²) in [6, 6.07) is -6.19. The molecule has 0 spiro atoms. The van der Waals surface area contributed by atoms with Gasteiger partial charge in [-0.15, -0.1) is 0 Å². The first-order valence-corrected chi connectivity index (χ1v) is 18.6. The number of rotatable bonds is 23. The Kier molecular flexibility index (Phi) is 21.7. The molecule has 10 N–H and O–H groups in total. The van der Waals surface area contributed by atoms with Gasteiger partial charge in [-0.1, -0.05) is 61.8 Å². The van der Waals surface area contributed by atoms with Crippen LogP contribution in [0.1, 0.15) is 75.2 Å². The fourth-order valence-electron chi connectivity index (χ4n) is 4.54. The van der Waals surface area contributed by atoms with Crippen molar-refractivity contribution in [3.63, 3.8) is 0 Å². The lowest BCUT2D eigenvalue weighted by atomic mass is 9.95. The summed E-state index contributed by atoms with van der Waals surface area (Å²) in [6.07, 6.45) is 2.82. The van der Waals surface area contributed by atoms with E-state index in [0.717, 1.165) is 0 Å². The predicted octanol–water partition coefficient (Wildman–Crippen LogP) is -1.16. The number of carbonyl (C=O) groups is 8. The summed E-state index contributed by atoms with van der Waals surface area (Å²) in [5.74, 6) is -6.59. The van der Waals surface area contributed by atoms with E-state index in [1.165, 1.54) is 6.92 Å². The van der Waals surface area contributed by atoms with E-state index >= 15 is 0 Å². The van der Waals surface area contributed by atoms with Gasteiger partial charge in [-0.2, -0.15) is 11.8 Å². The molecule has 17 nitrogen and oxygen atoms in total. The van der Waals surface area contributed by atoms with Crippen molar-refractivity contribution in [2.24, 2.45) is 29.4 Å². The molecule has 0 fully saturated rings. The molecule has 51 heavy (non-hydrogen) atoms. The van der Waals surface area contributed by atoms with Gasteiger partial charge in [0.25, 0.3) is 0 Å². The van der Waals surface area contributed by atoms with E-state index in [9.17, 15) is 43.5 Å². The standard InChI is InChI=1S/C33H60N8O9S/c1-11-19(8)27(32(48)37-20(9)33(49)50)41-31(47)26(18(6)7)40-30(46)25(17(4)5)38-23(43)15-35-22(42)14-36-29(45)24(16(2)3)39-28(44)21(34)12-13-51-10/h16-21,24-27H,11-15,34H2,1-10H3,(H,35,42)(H,36,45)(H,37,48)(H,38,43)(H,39,44)(H,40,46)(H,41,47)(H,49,50)/t19-,20-,21-,24-,25-,26-,27-/m0/s1. The maximum Gasteiger partial charge on any atom is 0.325 e. The van der Waals surface area contributed by atoms with Crippen LogP contribution in [0.15, 0.2) is 0 Å². The summed E-state index contributed by atoms with van der Waals surface area (Å²) in [5, 5.41) is 26.8. The van der Waals surface area contributed by atoms with Crippen LogP contribution in [0.2, 0.25) is 0 Å². The average Bonchev–Trinajstić information content (AvgIpc) is 3.06. The number of aliphatic carboxylic acids is 1. The molecule has 0 aromatic carbocycles. The van der Waals surface area contributed by atoms with Crippen LogP contribution in [0, 0.1) is 23.7 Å². The predicted molar refractivity (Wildman–Crippen MR) is 194 cm³/mol. The molecular weight excluding hydrogens is 684 g/mol. The summed E-state index contributed by atoms with van der Waals surface area (Å²) >= 11 is 1.54. The molecule has 292 valence electrons. The Labute approximate surface area is 305 Å². The number of hydrogen-bond donors (Lipinski definition) is 9. The minimum absolute atomic E-state index is 0.301. The summed E-state index contributed by atoms with van der Waals surface area (Å²) in [4.78, 5) is 101. The average molecular weight is 745 g/mol. The van der Waals surface area contributed by atoms with Crippen molar-refractivity contribution in [1.82, 2.24) is 37.2 Å². The van der Waals surface area contributed by atoms with Crippen LogP contribution < -0.4 is 43.0 Å². The Morgan fingerprint density at radius 1 is 0.588 bits per heavy atom. The van der Waals surface area contributed by atoms with Gasteiger partial charge in [0.1, 0.15) is 30.2 Å². The van der Waals surface area contributed by atoms with E-state index in [2.05, 4.69) is 37.2 Å². The van der Waals surface area contributed by atoms with Crippen LogP contribution in [0.3, 0.4) is 0 Å². The van der Waals surface area contributed by atoms with Crippen molar-refractivity contribution in [1.29, 1.82) is 0 Å². The Morgan fingerprint density at radius 3 is 1.49 bits per heavy atom. The molecule has 0 bridgehead atoms. The molecule has 0 aliphatic rings. The van der Waals surface area contributed by atoms with Crippen LogP contribution in [-0.4, -0.2) is 114 Å². The molecule has 0 aromatic rings. The lowest BCUT2D eigenvalue weighted by molar-refractivity contribution is -0.142. The number of carboxylic acids is 1. The van der Waals surface area contributed by atoms with Gasteiger partial charge in [-0.3, -0.25) is 38.4 Å². The van der Waals surface area contributed by atoms with Gasteiger partial charge >= 0.3 is 5.97 Å². The Bertz CT molecular complexity index is 1220. The van der Waals surface area contributed by atoms with Gasteiger partial charge in [-0.25, -0.2) is 0 Å². The van der Waals surface area contributed by atoms with Gasteiger partial charge < -0.3 is 48.1 Å². The Morgan fingerprint density at radius 2 is 1.02 bits per heavy atom.